The highest BCUT2D eigenvalue weighted by molar-refractivity contribution is 5.81. The summed E-state index contributed by atoms with van der Waals surface area (Å²) >= 11 is 0. The van der Waals surface area contributed by atoms with Gasteiger partial charge in [0, 0.05) is 12.6 Å². The molecule has 4 nitrogen and oxygen atoms in total. The molecule has 0 aliphatic heterocycles. The Morgan fingerprint density at radius 1 is 1.33 bits per heavy atom. The Kier molecular flexibility index (Phi) is 4.90. The van der Waals surface area contributed by atoms with Crippen LogP contribution in [0.15, 0.2) is 18.2 Å². The highest BCUT2D eigenvalue weighted by atomic mass is 19.1. The second kappa shape index (κ2) is 6.49. The number of benzene rings is 1. The van der Waals surface area contributed by atoms with Gasteiger partial charge in [0.1, 0.15) is 17.2 Å². The number of rotatable bonds is 5. The van der Waals surface area contributed by atoms with Gasteiger partial charge in [-0.3, -0.25) is 10.1 Å². The van der Waals surface area contributed by atoms with Crippen LogP contribution in [0.1, 0.15) is 37.4 Å². The van der Waals surface area contributed by atoms with E-state index in [4.69, 9.17) is 4.74 Å². The van der Waals surface area contributed by atoms with E-state index in [-0.39, 0.29) is 18.1 Å². The lowest BCUT2D eigenvalue weighted by atomic mass is 9.97. The van der Waals surface area contributed by atoms with E-state index >= 15 is 0 Å². The molecule has 1 atom stereocenters. The lowest BCUT2D eigenvalue weighted by molar-refractivity contribution is -0.148. The van der Waals surface area contributed by atoms with Crippen LogP contribution in [-0.4, -0.2) is 30.3 Å². The summed E-state index contributed by atoms with van der Waals surface area (Å²) in [6.45, 7) is 0.0258. The predicted molar refractivity (Wildman–Crippen MR) is 72.5 cm³/mol. The molecule has 21 heavy (non-hydrogen) atoms. The zero-order valence-corrected chi connectivity index (χ0v) is 11.9. The van der Waals surface area contributed by atoms with Crippen LogP contribution < -0.4 is 5.32 Å². The fourth-order valence-electron chi connectivity index (χ4n) is 2.80. The second-order valence-electron chi connectivity index (χ2n) is 5.38. The van der Waals surface area contributed by atoms with E-state index in [9.17, 15) is 18.7 Å². The fraction of sp³-hybridized carbons (Fsp3) is 0.533. The quantitative estimate of drug-likeness (QED) is 0.817. The highest BCUT2D eigenvalue weighted by Crippen LogP contribution is 2.31. The Labute approximate surface area is 122 Å². The molecule has 1 fully saturated rings. The molecule has 1 aliphatic rings. The molecule has 1 aliphatic carbocycles. The second-order valence-corrected chi connectivity index (χ2v) is 5.38. The lowest BCUT2D eigenvalue weighted by Gasteiger charge is -2.28. The number of nitrogens with one attached hydrogen (secondary N) is 1. The van der Waals surface area contributed by atoms with Crippen LogP contribution in [-0.2, 0) is 9.53 Å². The number of aliphatic hydroxyl groups is 1. The normalized spacial score (nSPS) is 18.5. The number of hydrogen-bond donors (Lipinski definition) is 2. The zero-order chi connectivity index (χ0) is 15.5. The van der Waals surface area contributed by atoms with E-state index in [1.807, 2.05) is 0 Å². The van der Waals surface area contributed by atoms with Gasteiger partial charge in [0.05, 0.1) is 13.2 Å². The summed E-state index contributed by atoms with van der Waals surface area (Å²) in [5.74, 6) is -1.85. The first-order chi connectivity index (χ1) is 9.97. The number of aliphatic hydroxyl groups excluding tert-OH is 1. The van der Waals surface area contributed by atoms with Gasteiger partial charge < -0.3 is 9.84 Å². The van der Waals surface area contributed by atoms with Crippen molar-refractivity contribution < 1.29 is 23.4 Å². The summed E-state index contributed by atoms with van der Waals surface area (Å²) in [5, 5.41) is 13.1. The van der Waals surface area contributed by atoms with Crippen LogP contribution in [0.5, 0.6) is 0 Å². The number of halogens is 2. The molecular formula is C15H19F2NO3. The molecule has 0 spiro atoms. The van der Waals surface area contributed by atoms with E-state index in [2.05, 4.69) is 5.32 Å². The van der Waals surface area contributed by atoms with Gasteiger partial charge in [0.25, 0.3) is 0 Å². The minimum absolute atomic E-state index is 0.0258. The molecule has 1 aromatic carbocycles. The first-order valence-corrected chi connectivity index (χ1v) is 6.94. The molecule has 0 amide bonds. The molecule has 0 aromatic heterocycles. The molecule has 2 rings (SSSR count). The molecule has 2 N–H and O–H groups in total. The van der Waals surface area contributed by atoms with Crippen LogP contribution in [0.4, 0.5) is 8.78 Å². The van der Waals surface area contributed by atoms with Gasteiger partial charge in [-0.05, 0) is 30.5 Å². The molecule has 0 radical (unpaired) electrons. The van der Waals surface area contributed by atoms with Crippen molar-refractivity contribution >= 4 is 5.97 Å². The first kappa shape index (κ1) is 15.9. The smallest absolute Gasteiger partial charge is 0.326 e. The zero-order valence-electron chi connectivity index (χ0n) is 11.9. The maximum Gasteiger partial charge on any atom is 0.326 e. The van der Waals surface area contributed by atoms with Crippen LogP contribution >= 0.6 is 0 Å². The van der Waals surface area contributed by atoms with Gasteiger partial charge in [-0.15, -0.1) is 0 Å². The molecule has 1 unspecified atom stereocenters. The van der Waals surface area contributed by atoms with Crippen LogP contribution in [0, 0.1) is 11.6 Å². The van der Waals surface area contributed by atoms with E-state index in [1.54, 1.807) is 0 Å². The summed E-state index contributed by atoms with van der Waals surface area (Å²) < 4.78 is 31.1. The third-order valence-electron chi connectivity index (χ3n) is 3.94. The molecule has 0 bridgehead atoms. The Bertz CT molecular complexity index is 495. The number of methoxy groups -OCH3 is 1. The molecule has 0 saturated heterocycles. The molecule has 116 valence electrons. The van der Waals surface area contributed by atoms with E-state index in [1.165, 1.54) is 7.11 Å². The average Bonchev–Trinajstić information content (AvgIpc) is 2.93. The summed E-state index contributed by atoms with van der Waals surface area (Å²) in [6, 6.07) is 2.90. The van der Waals surface area contributed by atoms with Gasteiger partial charge in [-0.2, -0.15) is 0 Å². The van der Waals surface area contributed by atoms with Crippen LogP contribution in [0.3, 0.4) is 0 Å². The van der Waals surface area contributed by atoms with Crippen molar-refractivity contribution in [3.8, 4) is 0 Å². The third kappa shape index (κ3) is 3.57. The fourth-order valence-corrected chi connectivity index (χ4v) is 2.80. The van der Waals surface area contributed by atoms with E-state index < -0.39 is 23.3 Å². The van der Waals surface area contributed by atoms with Gasteiger partial charge in [-0.25, -0.2) is 8.78 Å². The SMILES string of the molecule is COC(=O)C1(NCC(O)c2cc(F)cc(F)c2)CCCC1. The standard InChI is InChI=1S/C15H19F2NO3/c1-21-14(20)15(4-2-3-5-15)18-9-13(19)10-6-11(16)8-12(17)7-10/h6-8,13,18-19H,2-5,9H2,1H3. The number of carbonyl (C=O) groups is 1. The molecule has 0 heterocycles. The third-order valence-corrected chi connectivity index (χ3v) is 3.94. The van der Waals surface area contributed by atoms with Crippen molar-refractivity contribution in [3.05, 3.63) is 35.4 Å². The number of hydrogen-bond acceptors (Lipinski definition) is 4. The summed E-state index contributed by atoms with van der Waals surface area (Å²) in [4.78, 5) is 11.9. The topological polar surface area (TPSA) is 58.6 Å². The highest BCUT2D eigenvalue weighted by Gasteiger charge is 2.42. The predicted octanol–water partition coefficient (Wildman–Crippen LogP) is 2.07. The van der Waals surface area contributed by atoms with Crippen molar-refractivity contribution in [2.45, 2.75) is 37.3 Å². The van der Waals surface area contributed by atoms with Gasteiger partial charge in [-0.1, -0.05) is 12.8 Å². The largest absolute Gasteiger partial charge is 0.468 e. The Morgan fingerprint density at radius 2 is 1.90 bits per heavy atom. The molecule has 1 aromatic rings. The Hall–Kier alpha value is -1.53. The summed E-state index contributed by atoms with van der Waals surface area (Å²) in [6.07, 6.45) is 1.95. The number of carbonyl (C=O) groups excluding carboxylic acids is 1. The van der Waals surface area contributed by atoms with Gasteiger partial charge in [0.2, 0.25) is 0 Å². The minimum atomic E-state index is -1.10. The Balaban J connectivity index is 2.05. The van der Waals surface area contributed by atoms with Gasteiger partial charge in [0.15, 0.2) is 0 Å². The van der Waals surface area contributed by atoms with Crippen molar-refractivity contribution in [3.63, 3.8) is 0 Å². The minimum Gasteiger partial charge on any atom is -0.468 e. The van der Waals surface area contributed by atoms with Crippen LogP contribution in [0.2, 0.25) is 0 Å². The van der Waals surface area contributed by atoms with Crippen molar-refractivity contribution in [1.82, 2.24) is 5.32 Å². The van der Waals surface area contributed by atoms with Crippen molar-refractivity contribution in [2.75, 3.05) is 13.7 Å². The van der Waals surface area contributed by atoms with Crippen LogP contribution in [0.25, 0.3) is 0 Å². The lowest BCUT2D eigenvalue weighted by Crippen LogP contribution is -2.51. The monoisotopic (exact) mass is 299 g/mol. The van der Waals surface area contributed by atoms with Crippen molar-refractivity contribution in [1.29, 1.82) is 0 Å². The average molecular weight is 299 g/mol. The summed E-state index contributed by atoms with van der Waals surface area (Å²) in [7, 11) is 1.32. The number of esters is 1. The number of β-amino-alcohol motifs (C(OH)–C–C–N with tert-alkyl or cyclic N) is 1. The maximum absolute atomic E-state index is 13.1. The van der Waals surface area contributed by atoms with Gasteiger partial charge >= 0.3 is 5.97 Å². The van der Waals surface area contributed by atoms with Crippen molar-refractivity contribution in [2.24, 2.45) is 0 Å². The molecular weight excluding hydrogens is 280 g/mol. The Morgan fingerprint density at radius 3 is 2.43 bits per heavy atom. The van der Waals surface area contributed by atoms with E-state index in [0.717, 1.165) is 31.0 Å². The number of ether oxygens (including phenoxy) is 1. The summed E-state index contributed by atoms with van der Waals surface area (Å²) in [5.41, 5.74) is -0.667. The maximum atomic E-state index is 13.1. The van der Waals surface area contributed by atoms with E-state index in [0.29, 0.717) is 12.8 Å². The molecule has 6 heteroatoms. The first-order valence-electron chi connectivity index (χ1n) is 6.94. The molecule has 1 saturated carbocycles.